The zero-order chi connectivity index (χ0) is 24.5. The van der Waals surface area contributed by atoms with Crippen molar-refractivity contribution in [3.63, 3.8) is 0 Å². The van der Waals surface area contributed by atoms with Gasteiger partial charge in [0, 0.05) is 44.3 Å². The number of aryl methyl sites for hydroxylation is 1. The van der Waals surface area contributed by atoms with Gasteiger partial charge in [0.05, 0.1) is 29.7 Å². The lowest BCUT2D eigenvalue weighted by atomic mass is 10.1. The molecule has 2 atom stereocenters. The zero-order valence-corrected chi connectivity index (χ0v) is 20.6. The van der Waals surface area contributed by atoms with Gasteiger partial charge in [-0.1, -0.05) is 0 Å². The fraction of sp³-hybridized carbons (Fsp3) is 0.458. The number of halogens is 4. The Balaban J connectivity index is 0.00000342. The number of aromatic nitrogens is 3. The second-order valence-corrected chi connectivity index (χ2v) is 8.83. The molecule has 1 aliphatic heterocycles. The van der Waals surface area contributed by atoms with Gasteiger partial charge in [0.2, 0.25) is 0 Å². The predicted molar refractivity (Wildman–Crippen MR) is 130 cm³/mol. The molecule has 0 saturated carbocycles. The summed E-state index contributed by atoms with van der Waals surface area (Å²) < 4.78 is 48.9. The van der Waals surface area contributed by atoms with Gasteiger partial charge in [-0.3, -0.25) is 0 Å². The number of pyridine rings is 1. The van der Waals surface area contributed by atoms with Gasteiger partial charge in [-0.25, -0.2) is 9.97 Å². The van der Waals surface area contributed by atoms with Crippen molar-refractivity contribution in [3.05, 3.63) is 41.9 Å². The molecule has 35 heavy (non-hydrogen) atoms. The Bertz CT molecular complexity index is 1210. The van der Waals surface area contributed by atoms with Gasteiger partial charge in [0.1, 0.15) is 17.3 Å². The Morgan fingerprint density at radius 2 is 1.91 bits per heavy atom. The molecule has 0 bridgehead atoms. The molecule has 0 aliphatic carbocycles. The van der Waals surface area contributed by atoms with Crippen LogP contribution in [0.1, 0.15) is 31.5 Å². The topological polar surface area (TPSA) is 79.0 Å². The second kappa shape index (κ2) is 10.8. The number of nitrogens with zero attached hydrogens (tertiary/aromatic N) is 5. The zero-order valence-electron chi connectivity index (χ0n) is 19.8. The van der Waals surface area contributed by atoms with Gasteiger partial charge >= 0.3 is 6.18 Å². The minimum Gasteiger partial charge on any atom is -0.493 e. The van der Waals surface area contributed by atoms with Crippen molar-refractivity contribution in [1.29, 1.82) is 5.26 Å². The Labute approximate surface area is 208 Å². The lowest BCUT2D eigenvalue weighted by molar-refractivity contribution is -0.138. The average molecular weight is 509 g/mol. The number of hydrogen-bond acceptors (Lipinski definition) is 6. The molecule has 11 heteroatoms. The van der Waals surface area contributed by atoms with Crippen LogP contribution in [0.5, 0.6) is 5.75 Å². The van der Waals surface area contributed by atoms with Crippen LogP contribution < -0.4 is 10.1 Å². The molecular formula is C24H28ClF3N6O. The van der Waals surface area contributed by atoms with Gasteiger partial charge in [-0.2, -0.15) is 18.4 Å². The normalized spacial score (nSPS) is 18.8. The highest BCUT2D eigenvalue weighted by molar-refractivity contribution is 5.85. The Morgan fingerprint density at radius 1 is 1.20 bits per heavy atom. The smallest absolute Gasteiger partial charge is 0.419 e. The highest BCUT2D eigenvalue weighted by Gasteiger charge is 2.35. The van der Waals surface area contributed by atoms with E-state index in [2.05, 4.69) is 34.0 Å². The molecule has 1 saturated heterocycles. The molecule has 1 aliphatic rings. The van der Waals surface area contributed by atoms with Crippen molar-refractivity contribution in [2.45, 2.75) is 38.5 Å². The number of nitrogens with one attached hydrogen (secondary N) is 1. The van der Waals surface area contributed by atoms with E-state index in [4.69, 9.17) is 4.74 Å². The molecule has 188 valence electrons. The lowest BCUT2D eigenvalue weighted by Gasteiger charge is -2.36. The molecular weight excluding hydrogens is 481 g/mol. The number of benzene rings is 1. The third-order valence-corrected chi connectivity index (χ3v) is 5.91. The largest absolute Gasteiger partial charge is 0.493 e. The molecule has 1 aromatic carbocycles. The summed E-state index contributed by atoms with van der Waals surface area (Å²) in [5.74, 6) is -0.208. The van der Waals surface area contributed by atoms with E-state index >= 15 is 0 Å². The van der Waals surface area contributed by atoms with E-state index < -0.39 is 11.7 Å². The molecule has 0 spiro atoms. The minimum absolute atomic E-state index is 0. The summed E-state index contributed by atoms with van der Waals surface area (Å²) in [6, 6.07) is 8.27. The number of rotatable bonds is 6. The summed E-state index contributed by atoms with van der Waals surface area (Å²) in [5, 5.41) is 12.9. The van der Waals surface area contributed by atoms with Gasteiger partial charge in [0.15, 0.2) is 5.69 Å². The van der Waals surface area contributed by atoms with Crippen molar-refractivity contribution < 1.29 is 17.9 Å². The summed E-state index contributed by atoms with van der Waals surface area (Å²) >= 11 is 0. The third kappa shape index (κ3) is 6.04. The number of alkyl halides is 3. The van der Waals surface area contributed by atoms with Gasteiger partial charge in [-0.05, 0) is 44.5 Å². The SMILES string of the molecule is CC1CN(CCCOc2ccc(-c3cc4c(ncn4C)c(C#N)n3)cc2C(F)(F)F)CC(C)N1.Cl. The van der Waals surface area contributed by atoms with Gasteiger partial charge < -0.3 is 19.5 Å². The Morgan fingerprint density at radius 3 is 2.57 bits per heavy atom. The van der Waals surface area contributed by atoms with Crippen molar-refractivity contribution in [3.8, 4) is 23.1 Å². The van der Waals surface area contributed by atoms with Crippen molar-refractivity contribution >= 4 is 23.4 Å². The van der Waals surface area contributed by atoms with Crippen LogP contribution in [0.15, 0.2) is 30.6 Å². The van der Waals surface area contributed by atoms with Crippen LogP contribution in [-0.2, 0) is 13.2 Å². The number of piperazine rings is 1. The van der Waals surface area contributed by atoms with E-state index in [-0.39, 0.29) is 41.7 Å². The summed E-state index contributed by atoms with van der Waals surface area (Å²) in [7, 11) is 1.75. The quantitative estimate of drug-likeness (QED) is 0.497. The van der Waals surface area contributed by atoms with Crippen LogP contribution in [0.3, 0.4) is 0 Å². The van der Waals surface area contributed by atoms with Crippen molar-refractivity contribution in [2.75, 3.05) is 26.2 Å². The molecule has 0 radical (unpaired) electrons. The number of fused-ring (bicyclic) bond motifs is 1. The number of ether oxygens (including phenoxy) is 1. The molecule has 1 fully saturated rings. The van der Waals surface area contributed by atoms with E-state index in [9.17, 15) is 18.4 Å². The summed E-state index contributed by atoms with van der Waals surface area (Å²) in [6.45, 7) is 7.01. The van der Waals surface area contributed by atoms with Crippen molar-refractivity contribution in [2.24, 2.45) is 7.05 Å². The summed E-state index contributed by atoms with van der Waals surface area (Å²) in [6.07, 6.45) is -2.43. The van der Waals surface area contributed by atoms with Crippen LogP contribution in [0.4, 0.5) is 13.2 Å². The molecule has 1 N–H and O–H groups in total. The maximum Gasteiger partial charge on any atom is 0.419 e. The number of hydrogen-bond donors (Lipinski definition) is 1. The molecule has 0 amide bonds. The average Bonchev–Trinajstić information content (AvgIpc) is 3.15. The summed E-state index contributed by atoms with van der Waals surface area (Å²) in [5.41, 5.74) is 0.762. The maximum atomic E-state index is 13.9. The van der Waals surface area contributed by atoms with E-state index in [1.165, 1.54) is 18.5 Å². The van der Waals surface area contributed by atoms with Crippen LogP contribution >= 0.6 is 12.4 Å². The molecule has 2 unspecified atom stereocenters. The van der Waals surface area contributed by atoms with Gasteiger partial charge in [-0.15, -0.1) is 12.4 Å². The highest BCUT2D eigenvalue weighted by Crippen LogP contribution is 2.39. The first-order valence-electron chi connectivity index (χ1n) is 11.2. The third-order valence-electron chi connectivity index (χ3n) is 5.91. The molecule has 4 rings (SSSR count). The fourth-order valence-electron chi connectivity index (χ4n) is 4.48. The van der Waals surface area contributed by atoms with E-state index in [1.807, 2.05) is 6.07 Å². The van der Waals surface area contributed by atoms with Crippen molar-refractivity contribution in [1.82, 2.24) is 24.8 Å². The highest BCUT2D eigenvalue weighted by atomic mass is 35.5. The maximum absolute atomic E-state index is 13.9. The first-order chi connectivity index (χ1) is 16.2. The predicted octanol–water partition coefficient (Wildman–Crippen LogP) is 4.40. The minimum atomic E-state index is -4.59. The molecule has 3 aromatic rings. The standard InChI is InChI=1S/C24H27F3N6O.ClH/c1-15-12-33(13-16(2)30-15)7-4-8-34-22-6-5-17(9-18(22)24(25,26)27)19-10-21-23(20(11-28)31-19)29-14-32(21)3;/h5-6,9-10,14-16,30H,4,7-8,12-13H2,1-3H3;1H. The summed E-state index contributed by atoms with van der Waals surface area (Å²) in [4.78, 5) is 10.7. The monoisotopic (exact) mass is 508 g/mol. The molecule has 2 aromatic heterocycles. The van der Waals surface area contributed by atoms with E-state index in [0.717, 1.165) is 25.7 Å². The number of imidazole rings is 1. The van der Waals surface area contributed by atoms with E-state index in [0.29, 0.717) is 29.5 Å². The van der Waals surface area contributed by atoms with Gasteiger partial charge in [0.25, 0.3) is 0 Å². The Hall–Kier alpha value is -2.87. The second-order valence-electron chi connectivity index (χ2n) is 8.83. The fourth-order valence-corrected chi connectivity index (χ4v) is 4.48. The number of nitriles is 1. The first-order valence-corrected chi connectivity index (χ1v) is 11.2. The van der Waals surface area contributed by atoms with Crippen LogP contribution in [0.2, 0.25) is 0 Å². The van der Waals surface area contributed by atoms with E-state index in [1.54, 1.807) is 17.7 Å². The lowest BCUT2D eigenvalue weighted by Crippen LogP contribution is -2.54. The Kier molecular flexibility index (Phi) is 8.26. The van der Waals surface area contributed by atoms with Crippen LogP contribution in [-0.4, -0.2) is 57.8 Å². The first kappa shape index (κ1) is 26.7. The molecule has 3 heterocycles. The van der Waals surface area contributed by atoms with Crippen LogP contribution in [0, 0.1) is 11.3 Å². The molecule has 7 nitrogen and oxygen atoms in total. The van der Waals surface area contributed by atoms with Crippen LogP contribution in [0.25, 0.3) is 22.3 Å².